The number of piperidine rings is 1. The van der Waals surface area contributed by atoms with E-state index in [2.05, 4.69) is 5.32 Å². The van der Waals surface area contributed by atoms with E-state index < -0.39 is 27.2 Å². The Bertz CT molecular complexity index is 1210. The van der Waals surface area contributed by atoms with Crippen LogP contribution < -0.4 is 21.5 Å². The van der Waals surface area contributed by atoms with E-state index in [1.165, 1.54) is 12.1 Å². The summed E-state index contributed by atoms with van der Waals surface area (Å²) in [4.78, 5) is 38.7. The molecule has 2 aromatic rings. The van der Waals surface area contributed by atoms with E-state index >= 15 is 0 Å². The molecule has 2 aliphatic heterocycles. The maximum Gasteiger partial charge on any atom is 0.262 e. The highest BCUT2D eigenvalue weighted by Crippen LogP contribution is 2.31. The van der Waals surface area contributed by atoms with Gasteiger partial charge in [0.05, 0.1) is 27.4 Å². The maximum absolute atomic E-state index is 12.7. The van der Waals surface area contributed by atoms with Gasteiger partial charge >= 0.3 is 0 Å². The first-order valence-corrected chi connectivity index (χ1v) is 11.1. The molecule has 3 heterocycles. The molecule has 0 unspecified atom stereocenters. The Hall–Kier alpha value is -3.14. The Morgan fingerprint density at radius 3 is 2.34 bits per heavy atom. The number of nitrogens with one attached hydrogen (secondary N) is 1. The summed E-state index contributed by atoms with van der Waals surface area (Å²) < 4.78 is 25.7. The van der Waals surface area contributed by atoms with Crippen molar-refractivity contribution in [2.24, 2.45) is 0 Å². The van der Waals surface area contributed by atoms with Gasteiger partial charge in [-0.15, -0.1) is 0 Å². The lowest BCUT2D eigenvalue weighted by atomic mass is 10.1. The minimum atomic E-state index is -3.50. The number of hydrogen-bond acceptors (Lipinski definition) is 7. The normalized spacial score (nSPS) is 16.7. The number of nitrogen functional groups attached to an aromatic ring is 1. The summed E-state index contributed by atoms with van der Waals surface area (Å²) in [5, 5.41) is 2.12. The highest BCUT2D eigenvalue weighted by atomic mass is 32.2. The number of carbonyl (C=O) groups excluding carboxylic acids is 2. The van der Waals surface area contributed by atoms with Crippen LogP contribution in [0.4, 0.5) is 11.5 Å². The monoisotopic (exact) mass is 416 g/mol. The Morgan fingerprint density at radius 2 is 1.69 bits per heavy atom. The van der Waals surface area contributed by atoms with Gasteiger partial charge in [0.2, 0.25) is 0 Å². The van der Waals surface area contributed by atoms with Gasteiger partial charge in [-0.3, -0.25) is 24.3 Å². The Kier molecular flexibility index (Phi) is 4.45. The van der Waals surface area contributed by atoms with Crippen molar-refractivity contribution in [3.8, 4) is 5.69 Å². The number of nitrogens with two attached hydrogens (primary N) is 1. The number of rotatable bonds is 3. The van der Waals surface area contributed by atoms with E-state index in [0.29, 0.717) is 24.5 Å². The number of imide groups is 1. The van der Waals surface area contributed by atoms with Crippen molar-refractivity contribution in [3.05, 3.63) is 45.7 Å². The topological polar surface area (TPSA) is 132 Å². The molecule has 3 N–H and O–H groups in total. The molecule has 10 heteroatoms. The molecule has 0 bridgehead atoms. The molecule has 0 spiro atoms. The molecule has 9 nitrogen and oxygen atoms in total. The summed E-state index contributed by atoms with van der Waals surface area (Å²) in [5.41, 5.74) is 6.22. The predicted molar refractivity (Wildman–Crippen MR) is 107 cm³/mol. The van der Waals surface area contributed by atoms with Crippen LogP contribution in [0.1, 0.15) is 40.0 Å². The molecule has 0 saturated carbocycles. The van der Waals surface area contributed by atoms with Crippen molar-refractivity contribution >= 4 is 33.2 Å². The van der Waals surface area contributed by atoms with Crippen molar-refractivity contribution < 1.29 is 18.0 Å². The second-order valence-corrected chi connectivity index (χ2v) is 9.23. The van der Waals surface area contributed by atoms with Crippen molar-refractivity contribution in [2.45, 2.75) is 24.2 Å². The number of sulfone groups is 1. The summed E-state index contributed by atoms with van der Waals surface area (Å²) in [6, 6.07) is 5.58. The fourth-order valence-electron chi connectivity index (χ4n) is 3.89. The molecule has 4 rings (SSSR count). The van der Waals surface area contributed by atoms with E-state index in [-0.39, 0.29) is 21.8 Å². The number of pyridine rings is 1. The van der Waals surface area contributed by atoms with Crippen molar-refractivity contribution in [1.82, 2.24) is 9.88 Å². The largest absolute Gasteiger partial charge is 0.384 e. The van der Waals surface area contributed by atoms with Gasteiger partial charge in [0, 0.05) is 25.4 Å². The summed E-state index contributed by atoms with van der Waals surface area (Å²) >= 11 is 0. The van der Waals surface area contributed by atoms with Crippen molar-refractivity contribution in [1.29, 1.82) is 0 Å². The molecule has 152 valence electrons. The molecule has 0 atom stereocenters. The molecule has 1 aromatic carbocycles. The molecule has 1 saturated heterocycles. The quantitative estimate of drug-likeness (QED) is 0.704. The van der Waals surface area contributed by atoms with Crippen molar-refractivity contribution in [3.63, 3.8) is 0 Å². The molecule has 0 aliphatic carbocycles. The third-order valence-electron chi connectivity index (χ3n) is 5.25. The van der Waals surface area contributed by atoms with Crippen LogP contribution in [-0.2, 0) is 9.84 Å². The second kappa shape index (κ2) is 6.73. The summed E-state index contributed by atoms with van der Waals surface area (Å²) in [7, 11) is -3.50. The fourth-order valence-corrected chi connectivity index (χ4v) is 4.77. The number of anilines is 2. The van der Waals surface area contributed by atoms with E-state index in [9.17, 15) is 22.8 Å². The van der Waals surface area contributed by atoms with E-state index in [1.807, 2.05) is 4.90 Å². The zero-order chi connectivity index (χ0) is 20.9. The predicted octanol–water partition coefficient (Wildman–Crippen LogP) is 0.697. The molecule has 1 aromatic heterocycles. The van der Waals surface area contributed by atoms with Crippen LogP contribution in [0.5, 0.6) is 0 Å². The van der Waals surface area contributed by atoms with Gasteiger partial charge in [-0.25, -0.2) is 8.42 Å². The van der Waals surface area contributed by atoms with Crippen LogP contribution in [0.25, 0.3) is 5.69 Å². The van der Waals surface area contributed by atoms with E-state index in [0.717, 1.165) is 36.2 Å². The zero-order valence-electron chi connectivity index (χ0n) is 15.8. The average Bonchev–Trinajstić information content (AvgIpc) is 2.95. The first-order chi connectivity index (χ1) is 13.7. The van der Waals surface area contributed by atoms with Gasteiger partial charge < -0.3 is 10.6 Å². The Balaban J connectivity index is 1.93. The number of aromatic nitrogens is 1. The van der Waals surface area contributed by atoms with Crippen molar-refractivity contribution in [2.75, 3.05) is 30.0 Å². The van der Waals surface area contributed by atoms with Crippen LogP contribution in [0.2, 0.25) is 0 Å². The van der Waals surface area contributed by atoms with Gasteiger partial charge in [0.15, 0.2) is 9.84 Å². The van der Waals surface area contributed by atoms with Gasteiger partial charge in [-0.05, 0) is 37.5 Å². The highest BCUT2D eigenvalue weighted by molar-refractivity contribution is 7.90. The van der Waals surface area contributed by atoms with Crippen LogP contribution >= 0.6 is 0 Å². The lowest BCUT2D eigenvalue weighted by molar-refractivity contribution is 0.0880. The van der Waals surface area contributed by atoms with Crippen LogP contribution in [0.3, 0.4) is 0 Å². The number of benzene rings is 1. The van der Waals surface area contributed by atoms with Gasteiger partial charge in [-0.2, -0.15) is 0 Å². The first-order valence-electron chi connectivity index (χ1n) is 9.19. The Labute approximate surface area is 167 Å². The highest BCUT2D eigenvalue weighted by Gasteiger charge is 2.32. The standard InChI is InChI=1S/C19H20N4O5S/c1-29(27,28)14-6-5-11(9-13(14)22-7-3-2-4-8-22)23-15(24)10-12-16(17(23)20)19(26)21-18(12)25/h5-6,9-10H,2-4,7-8,20H2,1H3,(H,21,25,26). The van der Waals surface area contributed by atoms with E-state index in [1.54, 1.807) is 6.07 Å². The number of amides is 2. The maximum atomic E-state index is 12.7. The van der Waals surface area contributed by atoms with Gasteiger partial charge in [0.1, 0.15) is 5.82 Å². The first kappa shape index (κ1) is 19.2. The fraction of sp³-hybridized carbons (Fsp3) is 0.316. The van der Waals surface area contributed by atoms with Crippen LogP contribution in [0, 0.1) is 0 Å². The molecule has 1 fully saturated rings. The molecular formula is C19H20N4O5S. The van der Waals surface area contributed by atoms with E-state index in [4.69, 9.17) is 5.73 Å². The third kappa shape index (κ3) is 3.19. The minimum Gasteiger partial charge on any atom is -0.384 e. The Morgan fingerprint density at radius 1 is 1.00 bits per heavy atom. The minimum absolute atomic E-state index is 0.0543. The van der Waals surface area contributed by atoms with Crippen LogP contribution in [-0.4, -0.2) is 44.1 Å². The molecule has 29 heavy (non-hydrogen) atoms. The summed E-state index contributed by atoms with van der Waals surface area (Å²) in [6.07, 6.45) is 4.10. The number of nitrogens with zero attached hydrogens (tertiary/aromatic N) is 2. The lowest BCUT2D eigenvalue weighted by Crippen LogP contribution is -2.31. The summed E-state index contributed by atoms with van der Waals surface area (Å²) in [6.45, 7) is 1.41. The van der Waals surface area contributed by atoms with Crippen LogP contribution in [0.15, 0.2) is 34.0 Å². The third-order valence-corrected chi connectivity index (χ3v) is 6.39. The second-order valence-electron chi connectivity index (χ2n) is 7.25. The average molecular weight is 416 g/mol. The zero-order valence-corrected chi connectivity index (χ0v) is 16.6. The number of fused-ring (bicyclic) bond motifs is 1. The molecule has 0 radical (unpaired) electrons. The molecular weight excluding hydrogens is 396 g/mol. The molecule has 2 aliphatic rings. The van der Waals surface area contributed by atoms with Gasteiger partial charge in [-0.1, -0.05) is 0 Å². The number of carbonyl (C=O) groups is 2. The lowest BCUT2D eigenvalue weighted by Gasteiger charge is -2.30. The number of hydrogen-bond donors (Lipinski definition) is 2. The SMILES string of the molecule is CS(=O)(=O)c1ccc(-n2c(N)c3c(cc2=O)C(=O)NC3=O)cc1N1CCCCC1. The summed E-state index contributed by atoms with van der Waals surface area (Å²) in [5.74, 6) is -1.49. The van der Waals surface area contributed by atoms with Gasteiger partial charge in [0.25, 0.3) is 17.4 Å². The smallest absolute Gasteiger partial charge is 0.262 e. The molecule has 2 amide bonds.